The van der Waals surface area contributed by atoms with Gasteiger partial charge in [-0.15, -0.1) is 0 Å². The van der Waals surface area contributed by atoms with Gasteiger partial charge in [-0.25, -0.2) is 0 Å². The molecule has 0 fully saturated rings. The normalized spacial score (nSPS) is 17.1. The predicted octanol–water partition coefficient (Wildman–Crippen LogP) is 2.28. The molecule has 0 radical (unpaired) electrons. The predicted molar refractivity (Wildman–Crippen MR) is 44.9 cm³/mol. The molecule has 0 aromatic heterocycles. The zero-order valence-electron chi connectivity index (χ0n) is 6.80. The highest BCUT2D eigenvalue weighted by molar-refractivity contribution is 5.08. The minimum absolute atomic E-state index is 0.824. The van der Waals surface area contributed by atoms with Crippen LogP contribution in [0.5, 0.6) is 0 Å². The first-order valence-electron chi connectivity index (χ1n) is 3.66. The van der Waals surface area contributed by atoms with Crippen LogP contribution in [0.1, 0.15) is 26.7 Å². The molecule has 0 amide bonds. The summed E-state index contributed by atoms with van der Waals surface area (Å²) in [5, 5.41) is 9.34. The van der Waals surface area contributed by atoms with E-state index in [4.69, 9.17) is 0 Å². The molecule has 1 heteroatoms. The molecular weight excluding hydrogens is 124 g/mol. The zero-order chi connectivity index (χ0) is 8.04. The molecule has 58 valence electrons. The van der Waals surface area contributed by atoms with Crippen LogP contribution < -0.4 is 0 Å². The maximum atomic E-state index is 9.34. The number of aliphatic hydroxyl groups is 1. The average Bonchev–Trinajstić information content (AvgIpc) is 1.89. The molecule has 0 spiro atoms. The standard InChI is InChI=1S/C9H16O/c1-4-6-7-8-9(3,10)5-2/h5,7-8,10H,2,4,6H2,1,3H3. The monoisotopic (exact) mass is 140 g/mol. The van der Waals surface area contributed by atoms with Gasteiger partial charge in [-0.3, -0.25) is 0 Å². The molecule has 0 heterocycles. The molecule has 1 N–H and O–H groups in total. The van der Waals surface area contributed by atoms with Crippen LogP contribution in [-0.2, 0) is 0 Å². The van der Waals surface area contributed by atoms with E-state index in [-0.39, 0.29) is 0 Å². The topological polar surface area (TPSA) is 20.2 Å². The highest BCUT2D eigenvalue weighted by Gasteiger charge is 2.07. The molecule has 10 heavy (non-hydrogen) atoms. The number of hydrogen-bond acceptors (Lipinski definition) is 1. The summed E-state index contributed by atoms with van der Waals surface area (Å²) in [5.74, 6) is 0. The van der Waals surface area contributed by atoms with E-state index < -0.39 is 5.60 Å². The van der Waals surface area contributed by atoms with Crippen LogP contribution in [0.15, 0.2) is 24.8 Å². The Kier molecular flexibility index (Phi) is 4.05. The number of allylic oxidation sites excluding steroid dienone is 1. The van der Waals surface area contributed by atoms with E-state index in [0.717, 1.165) is 12.8 Å². The van der Waals surface area contributed by atoms with E-state index in [9.17, 15) is 5.11 Å². The summed E-state index contributed by atoms with van der Waals surface area (Å²) in [4.78, 5) is 0. The van der Waals surface area contributed by atoms with Gasteiger partial charge in [0.05, 0.1) is 5.60 Å². The Balaban J connectivity index is 3.74. The van der Waals surface area contributed by atoms with Crippen molar-refractivity contribution in [1.29, 1.82) is 0 Å². The van der Waals surface area contributed by atoms with Gasteiger partial charge in [-0.1, -0.05) is 38.2 Å². The summed E-state index contributed by atoms with van der Waals surface area (Å²) >= 11 is 0. The first kappa shape index (κ1) is 9.44. The molecule has 1 nitrogen and oxygen atoms in total. The Bertz CT molecular complexity index is 123. The van der Waals surface area contributed by atoms with Crippen molar-refractivity contribution in [3.63, 3.8) is 0 Å². The molecule has 1 unspecified atom stereocenters. The lowest BCUT2D eigenvalue weighted by atomic mass is 10.1. The molecule has 0 aliphatic rings. The summed E-state index contributed by atoms with van der Waals surface area (Å²) in [5.41, 5.74) is -0.824. The third-order valence-electron chi connectivity index (χ3n) is 1.32. The van der Waals surface area contributed by atoms with Crippen molar-refractivity contribution in [2.75, 3.05) is 0 Å². The summed E-state index contributed by atoms with van der Waals surface area (Å²) in [6.07, 6.45) is 7.40. The first-order chi connectivity index (χ1) is 4.62. The fourth-order valence-corrected chi connectivity index (χ4v) is 0.557. The van der Waals surface area contributed by atoms with Crippen molar-refractivity contribution in [2.45, 2.75) is 32.3 Å². The van der Waals surface area contributed by atoms with Gasteiger partial charge in [-0.2, -0.15) is 0 Å². The van der Waals surface area contributed by atoms with Gasteiger partial charge in [0.1, 0.15) is 0 Å². The molecule has 0 saturated heterocycles. The Morgan fingerprint density at radius 3 is 2.60 bits per heavy atom. The van der Waals surface area contributed by atoms with Crippen molar-refractivity contribution < 1.29 is 5.11 Å². The fraction of sp³-hybridized carbons (Fsp3) is 0.556. The van der Waals surface area contributed by atoms with Crippen LogP contribution in [0.3, 0.4) is 0 Å². The van der Waals surface area contributed by atoms with Gasteiger partial charge in [0.25, 0.3) is 0 Å². The third-order valence-corrected chi connectivity index (χ3v) is 1.32. The Morgan fingerprint density at radius 1 is 1.60 bits per heavy atom. The summed E-state index contributed by atoms with van der Waals surface area (Å²) in [7, 11) is 0. The lowest BCUT2D eigenvalue weighted by Gasteiger charge is -2.11. The van der Waals surface area contributed by atoms with Crippen molar-refractivity contribution >= 4 is 0 Å². The van der Waals surface area contributed by atoms with E-state index >= 15 is 0 Å². The van der Waals surface area contributed by atoms with Gasteiger partial charge in [0.15, 0.2) is 0 Å². The van der Waals surface area contributed by atoms with Gasteiger partial charge < -0.3 is 5.11 Å². The van der Waals surface area contributed by atoms with E-state index in [0.29, 0.717) is 0 Å². The Morgan fingerprint density at radius 2 is 2.20 bits per heavy atom. The molecule has 0 rings (SSSR count). The maximum Gasteiger partial charge on any atom is 0.0977 e. The highest BCUT2D eigenvalue weighted by Crippen LogP contribution is 2.06. The number of hydrogen-bond donors (Lipinski definition) is 1. The molecule has 0 aliphatic heterocycles. The van der Waals surface area contributed by atoms with Crippen LogP contribution in [0.4, 0.5) is 0 Å². The molecule has 1 atom stereocenters. The first-order valence-corrected chi connectivity index (χ1v) is 3.66. The third kappa shape index (κ3) is 4.33. The van der Waals surface area contributed by atoms with Gasteiger partial charge >= 0.3 is 0 Å². The van der Waals surface area contributed by atoms with Crippen LogP contribution >= 0.6 is 0 Å². The van der Waals surface area contributed by atoms with Gasteiger partial charge in [-0.05, 0) is 13.3 Å². The molecule has 0 aliphatic carbocycles. The van der Waals surface area contributed by atoms with E-state index in [2.05, 4.69) is 13.5 Å². The lowest BCUT2D eigenvalue weighted by molar-refractivity contribution is 0.164. The Labute approximate surface area is 63.1 Å². The molecule has 0 aromatic rings. The maximum absolute atomic E-state index is 9.34. The number of unbranched alkanes of at least 4 members (excludes halogenated alkanes) is 1. The molecule has 0 bridgehead atoms. The summed E-state index contributed by atoms with van der Waals surface area (Å²) in [6, 6.07) is 0. The lowest BCUT2D eigenvalue weighted by Crippen LogP contribution is -2.15. The SMILES string of the molecule is C=CC(C)(O)C=CCCC. The fourth-order valence-electron chi connectivity index (χ4n) is 0.557. The van der Waals surface area contributed by atoms with Crippen molar-refractivity contribution in [3.05, 3.63) is 24.8 Å². The quantitative estimate of drug-likeness (QED) is 0.594. The van der Waals surface area contributed by atoms with Crippen molar-refractivity contribution in [1.82, 2.24) is 0 Å². The molecular formula is C9H16O. The average molecular weight is 140 g/mol. The second kappa shape index (κ2) is 4.29. The Hall–Kier alpha value is -0.560. The van der Waals surface area contributed by atoms with E-state index in [1.165, 1.54) is 6.08 Å². The van der Waals surface area contributed by atoms with Gasteiger partial charge in [0.2, 0.25) is 0 Å². The molecule has 0 aromatic carbocycles. The number of rotatable bonds is 4. The van der Waals surface area contributed by atoms with E-state index in [1.807, 2.05) is 6.08 Å². The largest absolute Gasteiger partial charge is 0.382 e. The highest BCUT2D eigenvalue weighted by atomic mass is 16.3. The molecule has 0 saturated carbocycles. The van der Waals surface area contributed by atoms with Crippen molar-refractivity contribution in [3.8, 4) is 0 Å². The summed E-state index contributed by atoms with van der Waals surface area (Å²) in [6.45, 7) is 7.33. The zero-order valence-corrected chi connectivity index (χ0v) is 6.80. The van der Waals surface area contributed by atoms with Crippen LogP contribution in [0.25, 0.3) is 0 Å². The smallest absolute Gasteiger partial charge is 0.0977 e. The van der Waals surface area contributed by atoms with E-state index in [1.54, 1.807) is 13.0 Å². The second-order valence-corrected chi connectivity index (χ2v) is 2.62. The summed E-state index contributed by atoms with van der Waals surface area (Å²) < 4.78 is 0. The van der Waals surface area contributed by atoms with Gasteiger partial charge in [0, 0.05) is 0 Å². The van der Waals surface area contributed by atoms with Crippen LogP contribution in [0, 0.1) is 0 Å². The minimum Gasteiger partial charge on any atom is -0.382 e. The second-order valence-electron chi connectivity index (χ2n) is 2.62. The van der Waals surface area contributed by atoms with Crippen LogP contribution in [-0.4, -0.2) is 10.7 Å². The minimum atomic E-state index is -0.824. The van der Waals surface area contributed by atoms with Crippen molar-refractivity contribution in [2.24, 2.45) is 0 Å². The van der Waals surface area contributed by atoms with Crippen LogP contribution in [0.2, 0.25) is 0 Å².